The van der Waals surface area contributed by atoms with E-state index in [1.54, 1.807) is 6.26 Å². The molecular formula is C13H17N3OS. The van der Waals surface area contributed by atoms with Crippen molar-refractivity contribution in [1.82, 2.24) is 9.97 Å². The number of nitrogens with two attached hydrogens (primary N) is 1. The number of furan rings is 1. The third-order valence-corrected chi connectivity index (χ3v) is 3.75. The van der Waals surface area contributed by atoms with E-state index in [0.29, 0.717) is 0 Å². The van der Waals surface area contributed by atoms with Crippen molar-refractivity contribution in [2.45, 2.75) is 42.8 Å². The van der Waals surface area contributed by atoms with Crippen LogP contribution in [0.3, 0.4) is 0 Å². The standard InChI is InChI=1S/C13H17N3OS/c1-3-11(14)6-10-7-15-13(16-8-10)18-12-4-5-17-9(12)2/h4-5,7-8,11H,3,6,14H2,1-2H3. The number of nitrogens with zero attached hydrogens (tertiary/aromatic N) is 2. The van der Waals surface area contributed by atoms with Gasteiger partial charge in [0.05, 0.1) is 11.2 Å². The summed E-state index contributed by atoms with van der Waals surface area (Å²) in [6.45, 7) is 4.01. The zero-order valence-corrected chi connectivity index (χ0v) is 11.4. The number of rotatable bonds is 5. The van der Waals surface area contributed by atoms with Crippen molar-refractivity contribution in [3.05, 3.63) is 36.0 Å². The third-order valence-electron chi connectivity index (χ3n) is 2.72. The van der Waals surface area contributed by atoms with Gasteiger partial charge in [0.25, 0.3) is 0 Å². The highest BCUT2D eigenvalue weighted by Gasteiger charge is 2.07. The van der Waals surface area contributed by atoms with E-state index < -0.39 is 0 Å². The first-order valence-electron chi connectivity index (χ1n) is 5.97. The smallest absolute Gasteiger partial charge is 0.192 e. The van der Waals surface area contributed by atoms with Crippen LogP contribution in [0.5, 0.6) is 0 Å². The van der Waals surface area contributed by atoms with Crippen molar-refractivity contribution < 1.29 is 4.42 Å². The minimum absolute atomic E-state index is 0.184. The van der Waals surface area contributed by atoms with Crippen molar-refractivity contribution in [3.63, 3.8) is 0 Å². The Morgan fingerprint density at radius 3 is 2.67 bits per heavy atom. The van der Waals surface area contributed by atoms with Gasteiger partial charge in [-0.25, -0.2) is 9.97 Å². The Hall–Kier alpha value is -1.33. The van der Waals surface area contributed by atoms with Gasteiger partial charge in [-0.15, -0.1) is 0 Å². The van der Waals surface area contributed by atoms with Crippen LogP contribution in [0.15, 0.2) is 39.2 Å². The van der Waals surface area contributed by atoms with Crippen molar-refractivity contribution in [2.24, 2.45) is 5.73 Å². The molecule has 0 radical (unpaired) electrons. The highest BCUT2D eigenvalue weighted by Crippen LogP contribution is 2.27. The van der Waals surface area contributed by atoms with Gasteiger partial charge >= 0.3 is 0 Å². The lowest BCUT2D eigenvalue weighted by Gasteiger charge is -2.07. The van der Waals surface area contributed by atoms with Crippen LogP contribution in [-0.2, 0) is 6.42 Å². The monoisotopic (exact) mass is 263 g/mol. The Morgan fingerprint density at radius 1 is 1.39 bits per heavy atom. The predicted molar refractivity (Wildman–Crippen MR) is 71.6 cm³/mol. The van der Waals surface area contributed by atoms with E-state index in [2.05, 4.69) is 16.9 Å². The van der Waals surface area contributed by atoms with Crippen LogP contribution in [0, 0.1) is 6.92 Å². The maximum absolute atomic E-state index is 5.90. The molecular weight excluding hydrogens is 246 g/mol. The average Bonchev–Trinajstić information content (AvgIpc) is 2.77. The second-order valence-corrected chi connectivity index (χ2v) is 5.20. The van der Waals surface area contributed by atoms with Crippen molar-refractivity contribution in [3.8, 4) is 0 Å². The number of hydrogen-bond acceptors (Lipinski definition) is 5. The highest BCUT2D eigenvalue weighted by molar-refractivity contribution is 7.99. The van der Waals surface area contributed by atoms with E-state index in [4.69, 9.17) is 10.2 Å². The Morgan fingerprint density at radius 2 is 2.11 bits per heavy atom. The van der Waals surface area contributed by atoms with Gasteiger partial charge in [-0.1, -0.05) is 6.92 Å². The zero-order chi connectivity index (χ0) is 13.0. The molecule has 1 unspecified atom stereocenters. The van der Waals surface area contributed by atoms with Gasteiger partial charge in [-0.2, -0.15) is 0 Å². The van der Waals surface area contributed by atoms with E-state index in [1.807, 2.05) is 25.4 Å². The van der Waals surface area contributed by atoms with Crippen LogP contribution >= 0.6 is 11.8 Å². The maximum Gasteiger partial charge on any atom is 0.192 e. The van der Waals surface area contributed by atoms with Crippen LogP contribution in [-0.4, -0.2) is 16.0 Å². The quantitative estimate of drug-likeness (QED) is 0.840. The molecule has 1 atom stereocenters. The summed E-state index contributed by atoms with van der Waals surface area (Å²) in [5, 5.41) is 0.730. The van der Waals surface area contributed by atoms with E-state index in [-0.39, 0.29) is 6.04 Å². The van der Waals surface area contributed by atoms with Gasteiger partial charge in [0.15, 0.2) is 5.16 Å². The minimum Gasteiger partial charge on any atom is -0.468 e. The molecule has 0 saturated heterocycles. The molecule has 18 heavy (non-hydrogen) atoms. The van der Waals surface area contributed by atoms with Crippen LogP contribution in [0.2, 0.25) is 0 Å². The molecule has 0 spiro atoms. The first-order chi connectivity index (χ1) is 8.69. The normalized spacial score (nSPS) is 12.6. The summed E-state index contributed by atoms with van der Waals surface area (Å²) in [5.41, 5.74) is 6.98. The fraction of sp³-hybridized carbons (Fsp3) is 0.385. The van der Waals surface area contributed by atoms with Crippen molar-refractivity contribution in [2.75, 3.05) is 0 Å². The van der Waals surface area contributed by atoms with E-state index >= 15 is 0 Å². The first kappa shape index (κ1) is 13.1. The molecule has 5 heteroatoms. The molecule has 0 aliphatic carbocycles. The van der Waals surface area contributed by atoms with Gasteiger partial charge in [0.1, 0.15) is 5.76 Å². The molecule has 4 nitrogen and oxygen atoms in total. The molecule has 2 N–H and O–H groups in total. The summed E-state index contributed by atoms with van der Waals surface area (Å²) < 4.78 is 5.23. The lowest BCUT2D eigenvalue weighted by Crippen LogP contribution is -2.21. The fourth-order valence-corrected chi connectivity index (χ4v) is 2.25. The molecule has 0 fully saturated rings. The second kappa shape index (κ2) is 6.02. The first-order valence-corrected chi connectivity index (χ1v) is 6.79. The molecule has 96 valence electrons. The lowest BCUT2D eigenvalue weighted by molar-refractivity contribution is 0.527. The summed E-state index contributed by atoms with van der Waals surface area (Å²) in [7, 11) is 0. The Kier molecular flexibility index (Phi) is 4.38. The van der Waals surface area contributed by atoms with Gasteiger partial charge in [0, 0.05) is 18.4 Å². The maximum atomic E-state index is 5.90. The van der Waals surface area contributed by atoms with E-state index in [0.717, 1.165) is 34.2 Å². The topological polar surface area (TPSA) is 64.9 Å². The number of hydrogen-bond donors (Lipinski definition) is 1. The van der Waals surface area contributed by atoms with Gasteiger partial charge in [-0.05, 0) is 43.2 Å². The van der Waals surface area contributed by atoms with Crippen molar-refractivity contribution in [1.29, 1.82) is 0 Å². The summed E-state index contributed by atoms with van der Waals surface area (Å²) in [6.07, 6.45) is 7.16. The molecule has 2 heterocycles. The Labute approximate surface area is 111 Å². The van der Waals surface area contributed by atoms with E-state index in [1.165, 1.54) is 11.8 Å². The van der Waals surface area contributed by atoms with Gasteiger partial charge < -0.3 is 10.2 Å². The largest absolute Gasteiger partial charge is 0.468 e. The highest BCUT2D eigenvalue weighted by atomic mass is 32.2. The summed E-state index contributed by atoms with van der Waals surface area (Å²) >= 11 is 1.51. The Bertz CT molecular complexity index is 495. The molecule has 0 saturated carbocycles. The second-order valence-electron chi connectivity index (χ2n) is 4.19. The molecule has 2 rings (SSSR count). The molecule has 2 aromatic heterocycles. The molecule has 0 bridgehead atoms. The molecule has 0 aromatic carbocycles. The van der Waals surface area contributed by atoms with Gasteiger partial charge in [0.2, 0.25) is 0 Å². The van der Waals surface area contributed by atoms with Crippen molar-refractivity contribution >= 4 is 11.8 Å². The summed E-state index contributed by atoms with van der Waals surface area (Å²) in [4.78, 5) is 9.72. The zero-order valence-electron chi connectivity index (χ0n) is 10.6. The predicted octanol–water partition coefficient (Wildman–Crippen LogP) is 2.81. The van der Waals surface area contributed by atoms with Crippen LogP contribution in [0.1, 0.15) is 24.7 Å². The lowest BCUT2D eigenvalue weighted by atomic mass is 10.1. The van der Waals surface area contributed by atoms with Crippen LogP contribution in [0.4, 0.5) is 0 Å². The molecule has 0 amide bonds. The van der Waals surface area contributed by atoms with Gasteiger partial charge in [-0.3, -0.25) is 0 Å². The number of aryl methyl sites for hydroxylation is 1. The fourth-order valence-electron chi connectivity index (χ4n) is 1.53. The molecule has 0 aliphatic heterocycles. The summed E-state index contributed by atoms with van der Waals surface area (Å²) in [5.74, 6) is 0.890. The molecule has 0 aliphatic rings. The van der Waals surface area contributed by atoms with Crippen LogP contribution in [0.25, 0.3) is 0 Å². The average molecular weight is 263 g/mol. The minimum atomic E-state index is 0.184. The van der Waals surface area contributed by atoms with E-state index in [9.17, 15) is 0 Å². The molecule has 2 aromatic rings. The third kappa shape index (κ3) is 3.34. The summed E-state index contributed by atoms with van der Waals surface area (Å²) in [6, 6.07) is 2.10. The Balaban J connectivity index is 2.02. The SMILES string of the molecule is CCC(N)Cc1cnc(Sc2ccoc2C)nc1. The number of aromatic nitrogens is 2. The van der Waals surface area contributed by atoms with Crippen LogP contribution < -0.4 is 5.73 Å².